The van der Waals surface area contributed by atoms with Crippen molar-refractivity contribution in [2.24, 2.45) is 0 Å². The first-order valence-corrected chi connectivity index (χ1v) is 10.0. The Hall–Kier alpha value is -1.44. The second-order valence-electron chi connectivity index (χ2n) is 6.51. The Labute approximate surface area is 143 Å². The van der Waals surface area contributed by atoms with Gasteiger partial charge in [0.25, 0.3) is 5.91 Å². The molecular weight excluding hydrogens is 328 g/mol. The average molecular weight is 352 g/mol. The Morgan fingerprint density at radius 2 is 1.67 bits per heavy atom. The number of sulfonamides is 1. The minimum absolute atomic E-state index is 0.139. The van der Waals surface area contributed by atoms with E-state index in [2.05, 4.69) is 10.0 Å². The molecule has 0 bridgehead atoms. The standard InChI is InChI=1S/C17H24N2O4S/c20-17(18-14-4-1-2-5-14)13-7-9-16(10-8-13)24(21,22)19-15-6-3-11-23-12-15/h7-10,14-15,19H,1-6,11-12H2,(H,18,20)/t15-/m1/s1. The van der Waals surface area contributed by atoms with Crippen LogP contribution >= 0.6 is 0 Å². The minimum atomic E-state index is -3.59. The zero-order valence-corrected chi connectivity index (χ0v) is 14.5. The molecule has 0 unspecified atom stereocenters. The summed E-state index contributed by atoms with van der Waals surface area (Å²) in [5.74, 6) is -0.139. The smallest absolute Gasteiger partial charge is 0.251 e. The van der Waals surface area contributed by atoms with E-state index in [4.69, 9.17) is 4.74 Å². The van der Waals surface area contributed by atoms with Gasteiger partial charge in [-0.15, -0.1) is 0 Å². The lowest BCUT2D eigenvalue weighted by molar-refractivity contribution is 0.0774. The van der Waals surface area contributed by atoms with Crippen molar-refractivity contribution in [2.45, 2.75) is 55.5 Å². The largest absolute Gasteiger partial charge is 0.380 e. The van der Waals surface area contributed by atoms with Gasteiger partial charge in [0.2, 0.25) is 10.0 Å². The normalized spacial score (nSPS) is 22.4. The zero-order valence-electron chi connectivity index (χ0n) is 13.7. The number of amides is 1. The number of rotatable bonds is 5. The van der Waals surface area contributed by atoms with Crippen molar-refractivity contribution in [2.75, 3.05) is 13.2 Å². The Morgan fingerprint density at radius 3 is 2.29 bits per heavy atom. The van der Waals surface area contributed by atoms with Crippen LogP contribution in [0.3, 0.4) is 0 Å². The minimum Gasteiger partial charge on any atom is -0.380 e. The SMILES string of the molecule is O=C(NC1CCCC1)c1ccc(S(=O)(=O)N[C@@H]2CCCOC2)cc1. The lowest BCUT2D eigenvalue weighted by Crippen LogP contribution is -2.40. The van der Waals surface area contributed by atoms with Gasteiger partial charge in [-0.25, -0.2) is 13.1 Å². The fourth-order valence-electron chi connectivity index (χ4n) is 3.25. The Bertz CT molecular complexity index is 660. The number of carbonyl (C=O) groups excluding carboxylic acids is 1. The van der Waals surface area contributed by atoms with Gasteiger partial charge < -0.3 is 10.1 Å². The van der Waals surface area contributed by atoms with Crippen LogP contribution in [0.25, 0.3) is 0 Å². The number of carbonyl (C=O) groups is 1. The highest BCUT2D eigenvalue weighted by Gasteiger charge is 2.23. The molecule has 132 valence electrons. The fourth-order valence-corrected chi connectivity index (χ4v) is 4.50. The van der Waals surface area contributed by atoms with Crippen LogP contribution in [0.15, 0.2) is 29.2 Å². The van der Waals surface area contributed by atoms with Crippen molar-refractivity contribution in [1.82, 2.24) is 10.0 Å². The molecule has 1 saturated heterocycles. The first-order chi connectivity index (χ1) is 11.5. The summed E-state index contributed by atoms with van der Waals surface area (Å²) in [6.07, 6.45) is 5.98. The maximum atomic E-state index is 12.4. The highest BCUT2D eigenvalue weighted by molar-refractivity contribution is 7.89. The molecule has 6 nitrogen and oxygen atoms in total. The molecular formula is C17H24N2O4S. The highest BCUT2D eigenvalue weighted by atomic mass is 32.2. The quantitative estimate of drug-likeness (QED) is 0.846. The second-order valence-corrected chi connectivity index (χ2v) is 8.23. The first-order valence-electron chi connectivity index (χ1n) is 8.55. The lowest BCUT2D eigenvalue weighted by Gasteiger charge is -2.23. The van der Waals surface area contributed by atoms with Crippen LogP contribution in [0, 0.1) is 0 Å². The van der Waals surface area contributed by atoms with Gasteiger partial charge >= 0.3 is 0 Å². The van der Waals surface area contributed by atoms with Gasteiger partial charge in [0.15, 0.2) is 0 Å². The number of ether oxygens (including phenoxy) is 1. The van der Waals surface area contributed by atoms with E-state index in [0.717, 1.165) is 38.5 Å². The molecule has 1 amide bonds. The monoisotopic (exact) mass is 352 g/mol. The van der Waals surface area contributed by atoms with Gasteiger partial charge in [0.05, 0.1) is 11.5 Å². The predicted molar refractivity (Wildman–Crippen MR) is 90.3 cm³/mol. The number of hydrogen-bond donors (Lipinski definition) is 2. The van der Waals surface area contributed by atoms with E-state index in [9.17, 15) is 13.2 Å². The van der Waals surface area contributed by atoms with Crippen molar-refractivity contribution in [1.29, 1.82) is 0 Å². The lowest BCUT2D eigenvalue weighted by atomic mass is 10.1. The molecule has 1 atom stereocenters. The maximum Gasteiger partial charge on any atom is 0.251 e. The molecule has 3 rings (SSSR count). The van der Waals surface area contributed by atoms with Crippen molar-refractivity contribution in [3.8, 4) is 0 Å². The van der Waals surface area contributed by atoms with Crippen LogP contribution in [0.4, 0.5) is 0 Å². The molecule has 1 aromatic rings. The molecule has 24 heavy (non-hydrogen) atoms. The van der Waals surface area contributed by atoms with E-state index in [-0.39, 0.29) is 22.9 Å². The summed E-state index contributed by atoms with van der Waals surface area (Å²) in [7, 11) is -3.59. The van der Waals surface area contributed by atoms with E-state index < -0.39 is 10.0 Å². The van der Waals surface area contributed by atoms with Crippen LogP contribution in [-0.2, 0) is 14.8 Å². The predicted octanol–water partition coefficient (Wildman–Crippen LogP) is 1.82. The van der Waals surface area contributed by atoms with Crippen molar-refractivity contribution in [3.05, 3.63) is 29.8 Å². The molecule has 1 saturated carbocycles. The van der Waals surface area contributed by atoms with Crippen LogP contribution in [0.5, 0.6) is 0 Å². The molecule has 1 heterocycles. The summed E-state index contributed by atoms with van der Waals surface area (Å²) in [6.45, 7) is 1.09. The Kier molecular flexibility index (Phi) is 5.53. The molecule has 2 fully saturated rings. The van der Waals surface area contributed by atoms with Gasteiger partial charge in [-0.1, -0.05) is 12.8 Å². The highest BCUT2D eigenvalue weighted by Crippen LogP contribution is 2.19. The summed E-state index contributed by atoms with van der Waals surface area (Å²) in [6, 6.07) is 6.15. The molecule has 1 aromatic carbocycles. The molecule has 0 aromatic heterocycles. The average Bonchev–Trinajstić information content (AvgIpc) is 3.08. The molecule has 2 aliphatic rings. The second kappa shape index (κ2) is 7.63. The number of nitrogens with one attached hydrogen (secondary N) is 2. The summed E-state index contributed by atoms with van der Waals surface area (Å²) < 4.78 is 32.7. The molecule has 1 aliphatic heterocycles. The maximum absolute atomic E-state index is 12.4. The third-order valence-corrected chi connectivity index (χ3v) is 6.14. The van der Waals surface area contributed by atoms with Crippen LogP contribution < -0.4 is 10.0 Å². The Morgan fingerprint density at radius 1 is 1.00 bits per heavy atom. The molecule has 1 aliphatic carbocycles. The van der Waals surface area contributed by atoms with E-state index >= 15 is 0 Å². The summed E-state index contributed by atoms with van der Waals surface area (Å²) in [5.41, 5.74) is 0.488. The van der Waals surface area contributed by atoms with Gasteiger partial charge in [0, 0.05) is 24.3 Å². The summed E-state index contributed by atoms with van der Waals surface area (Å²) >= 11 is 0. The summed E-state index contributed by atoms with van der Waals surface area (Å²) in [5, 5.41) is 3.00. The van der Waals surface area contributed by atoms with Crippen LogP contribution in [0.2, 0.25) is 0 Å². The molecule has 0 spiro atoms. The van der Waals surface area contributed by atoms with E-state index in [1.165, 1.54) is 12.1 Å². The van der Waals surface area contributed by atoms with Gasteiger partial charge in [-0.2, -0.15) is 0 Å². The number of hydrogen-bond acceptors (Lipinski definition) is 4. The van der Waals surface area contributed by atoms with E-state index in [0.29, 0.717) is 18.8 Å². The van der Waals surface area contributed by atoms with E-state index in [1.807, 2.05) is 0 Å². The fraction of sp³-hybridized carbons (Fsp3) is 0.588. The van der Waals surface area contributed by atoms with Crippen LogP contribution in [0.1, 0.15) is 48.9 Å². The zero-order chi connectivity index (χ0) is 17.0. The molecule has 2 N–H and O–H groups in total. The van der Waals surface area contributed by atoms with Gasteiger partial charge in [-0.05, 0) is 49.9 Å². The van der Waals surface area contributed by atoms with Crippen molar-refractivity contribution in [3.63, 3.8) is 0 Å². The third kappa shape index (κ3) is 4.34. The van der Waals surface area contributed by atoms with Gasteiger partial charge in [-0.3, -0.25) is 4.79 Å². The number of benzene rings is 1. The Balaban J connectivity index is 1.63. The topological polar surface area (TPSA) is 84.5 Å². The first kappa shape index (κ1) is 17.4. The van der Waals surface area contributed by atoms with Crippen molar-refractivity contribution < 1.29 is 17.9 Å². The summed E-state index contributed by atoms with van der Waals surface area (Å²) in [4.78, 5) is 12.4. The molecule has 0 radical (unpaired) electrons. The van der Waals surface area contributed by atoms with Crippen LogP contribution in [-0.4, -0.2) is 39.6 Å². The van der Waals surface area contributed by atoms with Crippen molar-refractivity contribution >= 4 is 15.9 Å². The van der Waals surface area contributed by atoms with E-state index in [1.54, 1.807) is 12.1 Å². The van der Waals surface area contributed by atoms with Gasteiger partial charge in [0.1, 0.15) is 0 Å². The molecule has 7 heteroatoms. The third-order valence-electron chi connectivity index (χ3n) is 4.60.